The predicted octanol–water partition coefficient (Wildman–Crippen LogP) is 3.97. The van der Waals surface area contributed by atoms with Crippen molar-refractivity contribution in [3.8, 4) is 23.0 Å². The van der Waals surface area contributed by atoms with E-state index in [-0.39, 0.29) is 18.2 Å². The minimum absolute atomic E-state index is 0.115. The van der Waals surface area contributed by atoms with E-state index in [1.165, 1.54) is 7.11 Å². The average Bonchev–Trinajstić information content (AvgIpc) is 3.26. The maximum atomic E-state index is 12.8. The van der Waals surface area contributed by atoms with Crippen molar-refractivity contribution in [3.63, 3.8) is 0 Å². The fourth-order valence-electron chi connectivity index (χ4n) is 3.19. The quantitative estimate of drug-likeness (QED) is 0.392. The molecular formula is C25H22O7. The van der Waals surface area contributed by atoms with Crippen LogP contribution in [0.2, 0.25) is 0 Å². The van der Waals surface area contributed by atoms with Crippen LogP contribution in [0.1, 0.15) is 21.5 Å². The third-order valence-electron chi connectivity index (χ3n) is 4.97. The highest BCUT2D eigenvalue weighted by Crippen LogP contribution is 2.36. The van der Waals surface area contributed by atoms with Gasteiger partial charge in [0.05, 0.1) is 20.6 Å². The number of methoxy groups -OCH3 is 2. The van der Waals surface area contributed by atoms with E-state index in [0.29, 0.717) is 35.0 Å². The van der Waals surface area contributed by atoms with Gasteiger partial charge in [-0.3, -0.25) is 9.59 Å². The molecular weight excluding hydrogens is 412 g/mol. The summed E-state index contributed by atoms with van der Waals surface area (Å²) in [4.78, 5) is 24.3. The van der Waals surface area contributed by atoms with E-state index in [2.05, 4.69) is 4.74 Å². The normalized spacial score (nSPS) is 14.0. The van der Waals surface area contributed by atoms with Crippen molar-refractivity contribution in [2.45, 2.75) is 19.3 Å². The maximum Gasteiger partial charge on any atom is 0.309 e. The van der Waals surface area contributed by atoms with Crippen LogP contribution in [0.5, 0.6) is 23.0 Å². The summed E-state index contributed by atoms with van der Waals surface area (Å²) >= 11 is 0. The van der Waals surface area contributed by atoms with Crippen molar-refractivity contribution in [1.82, 2.24) is 0 Å². The van der Waals surface area contributed by atoms with Crippen LogP contribution in [0.4, 0.5) is 0 Å². The highest BCUT2D eigenvalue weighted by molar-refractivity contribution is 5.99. The van der Waals surface area contributed by atoms with Crippen LogP contribution in [0, 0.1) is 0 Å². The molecule has 0 aliphatic carbocycles. The Bertz CT molecular complexity index is 1100. The zero-order valence-corrected chi connectivity index (χ0v) is 17.7. The molecule has 0 saturated carbocycles. The first-order valence-corrected chi connectivity index (χ1v) is 9.99. The minimum atomic E-state index is -1.08. The number of fused-ring (bicyclic) bond motifs is 1. The van der Waals surface area contributed by atoms with Gasteiger partial charge in [-0.15, -0.1) is 0 Å². The summed E-state index contributed by atoms with van der Waals surface area (Å²) < 4.78 is 26.9. The van der Waals surface area contributed by atoms with E-state index >= 15 is 0 Å². The number of Topliss-reactive ketones (excluding diaryl/α,β-unsaturated/α-hetero) is 1. The molecule has 7 heteroatoms. The molecule has 0 saturated heterocycles. The van der Waals surface area contributed by atoms with Crippen LogP contribution >= 0.6 is 0 Å². The molecule has 1 atom stereocenters. The Balaban J connectivity index is 1.35. The summed E-state index contributed by atoms with van der Waals surface area (Å²) in [6.07, 6.45) is -0.964. The number of carbonyl (C=O) groups is 2. The first kappa shape index (κ1) is 21.2. The SMILES string of the molecule is COC(=O)Cc1ccc2c(c1)OC(C(=O)c1ccc(OCc3ccc(OC)cc3)cc1)O2. The number of carbonyl (C=O) groups excluding carboxylic acids is 2. The number of ether oxygens (including phenoxy) is 5. The van der Waals surface area contributed by atoms with Gasteiger partial charge in [-0.05, 0) is 59.7 Å². The standard InChI is InChI=1S/C25H22O7/c1-28-19-8-3-16(4-9-19)15-30-20-10-6-18(7-11-20)24(27)25-31-21-12-5-17(13-22(21)32-25)14-23(26)29-2/h3-13,25H,14-15H2,1-2H3. The molecule has 1 aliphatic heterocycles. The van der Waals surface area contributed by atoms with Gasteiger partial charge in [0.15, 0.2) is 11.5 Å². The molecule has 0 N–H and O–H groups in total. The van der Waals surface area contributed by atoms with Crippen molar-refractivity contribution in [1.29, 1.82) is 0 Å². The van der Waals surface area contributed by atoms with Crippen molar-refractivity contribution in [2.75, 3.05) is 14.2 Å². The molecule has 3 aromatic carbocycles. The second-order valence-corrected chi connectivity index (χ2v) is 7.13. The van der Waals surface area contributed by atoms with Crippen molar-refractivity contribution < 1.29 is 33.3 Å². The monoisotopic (exact) mass is 434 g/mol. The largest absolute Gasteiger partial charge is 0.497 e. The third kappa shape index (κ3) is 4.83. The van der Waals surface area contributed by atoms with Crippen molar-refractivity contribution in [2.24, 2.45) is 0 Å². The first-order chi connectivity index (χ1) is 15.6. The molecule has 4 rings (SSSR count). The molecule has 1 heterocycles. The lowest BCUT2D eigenvalue weighted by Crippen LogP contribution is -2.29. The van der Waals surface area contributed by atoms with Gasteiger partial charge in [-0.25, -0.2) is 0 Å². The maximum absolute atomic E-state index is 12.8. The smallest absolute Gasteiger partial charge is 0.309 e. The van der Waals surface area contributed by atoms with Crippen LogP contribution in [0.3, 0.4) is 0 Å². The molecule has 164 valence electrons. The molecule has 32 heavy (non-hydrogen) atoms. The molecule has 0 fully saturated rings. The Morgan fingerprint density at radius 1 is 0.812 bits per heavy atom. The number of esters is 1. The van der Waals surface area contributed by atoms with Gasteiger partial charge >= 0.3 is 12.3 Å². The number of rotatable bonds is 8. The lowest BCUT2D eigenvalue weighted by molar-refractivity contribution is -0.139. The Morgan fingerprint density at radius 2 is 1.47 bits per heavy atom. The van der Waals surface area contributed by atoms with Crippen molar-refractivity contribution >= 4 is 11.8 Å². The highest BCUT2D eigenvalue weighted by atomic mass is 16.7. The Labute approximate surface area is 185 Å². The second-order valence-electron chi connectivity index (χ2n) is 7.13. The molecule has 0 aromatic heterocycles. The van der Waals surface area contributed by atoms with E-state index in [0.717, 1.165) is 11.3 Å². The topological polar surface area (TPSA) is 80.3 Å². The lowest BCUT2D eigenvalue weighted by Gasteiger charge is -2.10. The molecule has 0 spiro atoms. The summed E-state index contributed by atoms with van der Waals surface area (Å²) in [6, 6.07) is 19.5. The van der Waals surface area contributed by atoms with Gasteiger partial charge < -0.3 is 23.7 Å². The number of ketones is 1. The van der Waals surface area contributed by atoms with Crippen LogP contribution in [-0.2, 0) is 22.6 Å². The van der Waals surface area contributed by atoms with E-state index in [9.17, 15) is 9.59 Å². The molecule has 1 unspecified atom stereocenters. The molecule has 1 aliphatic rings. The Hall–Kier alpha value is -4.00. The van der Waals surface area contributed by atoms with Crippen LogP contribution in [-0.4, -0.2) is 32.3 Å². The summed E-state index contributed by atoms with van der Waals surface area (Å²) in [5, 5.41) is 0. The van der Waals surface area contributed by atoms with Gasteiger partial charge in [0.25, 0.3) is 0 Å². The lowest BCUT2D eigenvalue weighted by atomic mass is 10.1. The predicted molar refractivity (Wildman–Crippen MR) is 115 cm³/mol. The van der Waals surface area contributed by atoms with Gasteiger partial charge in [0.1, 0.15) is 18.1 Å². The average molecular weight is 434 g/mol. The molecule has 7 nitrogen and oxygen atoms in total. The second kappa shape index (κ2) is 9.43. The Kier molecular flexibility index (Phi) is 6.26. The van der Waals surface area contributed by atoms with Crippen LogP contribution < -0.4 is 18.9 Å². The minimum Gasteiger partial charge on any atom is -0.497 e. The molecule has 0 radical (unpaired) electrons. The van der Waals surface area contributed by atoms with Gasteiger partial charge in [-0.1, -0.05) is 18.2 Å². The fraction of sp³-hybridized carbons (Fsp3) is 0.200. The van der Waals surface area contributed by atoms with Crippen molar-refractivity contribution in [3.05, 3.63) is 83.4 Å². The molecule has 0 amide bonds. The van der Waals surface area contributed by atoms with Gasteiger partial charge in [-0.2, -0.15) is 0 Å². The summed E-state index contributed by atoms with van der Waals surface area (Å²) in [5.74, 6) is 1.64. The van der Waals surface area contributed by atoms with Crippen LogP contribution in [0.15, 0.2) is 66.7 Å². The van der Waals surface area contributed by atoms with Crippen LogP contribution in [0.25, 0.3) is 0 Å². The van der Waals surface area contributed by atoms with E-state index in [1.54, 1.807) is 49.6 Å². The van der Waals surface area contributed by atoms with Gasteiger partial charge in [0.2, 0.25) is 5.78 Å². The zero-order valence-electron chi connectivity index (χ0n) is 17.7. The fourth-order valence-corrected chi connectivity index (χ4v) is 3.19. The van der Waals surface area contributed by atoms with E-state index < -0.39 is 6.29 Å². The van der Waals surface area contributed by atoms with E-state index in [1.807, 2.05) is 24.3 Å². The Morgan fingerprint density at radius 3 is 2.16 bits per heavy atom. The summed E-state index contributed by atoms with van der Waals surface area (Å²) in [7, 11) is 2.95. The van der Waals surface area contributed by atoms with E-state index in [4.69, 9.17) is 18.9 Å². The van der Waals surface area contributed by atoms with Gasteiger partial charge in [0, 0.05) is 5.56 Å². The number of hydrogen-bond donors (Lipinski definition) is 0. The third-order valence-corrected chi connectivity index (χ3v) is 4.97. The summed E-state index contributed by atoms with van der Waals surface area (Å²) in [5.41, 5.74) is 2.16. The highest BCUT2D eigenvalue weighted by Gasteiger charge is 2.31. The molecule has 0 bridgehead atoms. The first-order valence-electron chi connectivity index (χ1n) is 9.99. The number of hydrogen-bond acceptors (Lipinski definition) is 7. The number of benzene rings is 3. The molecule has 3 aromatic rings. The summed E-state index contributed by atoms with van der Waals surface area (Å²) in [6.45, 7) is 0.398. The zero-order chi connectivity index (χ0) is 22.5.